The van der Waals surface area contributed by atoms with Crippen LogP contribution in [0.4, 0.5) is 5.69 Å². The van der Waals surface area contributed by atoms with Gasteiger partial charge >= 0.3 is 0 Å². The Balaban J connectivity index is 2.08. The van der Waals surface area contributed by atoms with E-state index in [4.69, 9.17) is 11.6 Å². The maximum absolute atomic E-state index is 11.1. The van der Waals surface area contributed by atoms with Crippen LogP contribution in [0.25, 0.3) is 0 Å². The van der Waals surface area contributed by atoms with Gasteiger partial charge in [-0.1, -0.05) is 24.2 Å². The minimum absolute atomic E-state index is 0.0370. The highest BCUT2D eigenvalue weighted by molar-refractivity contribution is 6.31. The predicted octanol–water partition coefficient (Wildman–Crippen LogP) is 2.85. The van der Waals surface area contributed by atoms with Crippen LogP contribution in [0.5, 0.6) is 0 Å². The first kappa shape index (κ1) is 12.0. The van der Waals surface area contributed by atoms with Gasteiger partial charge < -0.3 is 10.6 Å². The molecule has 0 aliphatic carbocycles. The van der Waals surface area contributed by atoms with Gasteiger partial charge in [0.15, 0.2) is 0 Å². The molecule has 1 atom stereocenters. The summed E-state index contributed by atoms with van der Waals surface area (Å²) in [7, 11) is 0. The Morgan fingerprint density at radius 1 is 1.53 bits per heavy atom. The summed E-state index contributed by atoms with van der Waals surface area (Å²) in [6.45, 7) is 5.82. The molecule has 1 saturated heterocycles. The first-order chi connectivity index (χ1) is 8.06. The van der Waals surface area contributed by atoms with Crippen molar-refractivity contribution in [3.8, 4) is 0 Å². The van der Waals surface area contributed by atoms with E-state index >= 15 is 0 Å². The largest absolute Gasteiger partial charge is 0.377 e. The van der Waals surface area contributed by atoms with Crippen LogP contribution >= 0.6 is 11.6 Å². The van der Waals surface area contributed by atoms with Crippen LogP contribution < -0.4 is 10.6 Å². The minimum atomic E-state index is 0.0370. The summed E-state index contributed by atoms with van der Waals surface area (Å²) in [6, 6.07) is 5.91. The van der Waals surface area contributed by atoms with Gasteiger partial charge in [-0.05, 0) is 31.0 Å². The van der Waals surface area contributed by atoms with Crippen LogP contribution in [0.1, 0.15) is 18.4 Å². The van der Waals surface area contributed by atoms with Crippen molar-refractivity contribution in [3.05, 3.63) is 41.1 Å². The second kappa shape index (κ2) is 4.80. The molecule has 2 N–H and O–H groups in total. The highest BCUT2D eigenvalue weighted by Gasteiger charge is 2.21. The lowest BCUT2D eigenvalue weighted by molar-refractivity contribution is -0.121. The van der Waals surface area contributed by atoms with Gasteiger partial charge in [-0.2, -0.15) is 0 Å². The number of carbonyl (C=O) groups excluding carboxylic acids is 1. The Bertz CT molecular complexity index is 470. The molecule has 17 heavy (non-hydrogen) atoms. The molecule has 0 radical (unpaired) electrons. The molecule has 0 aromatic heterocycles. The molecule has 1 unspecified atom stereocenters. The molecule has 1 fully saturated rings. The number of piperidine rings is 1. The smallest absolute Gasteiger partial charge is 0.224 e. The zero-order valence-electron chi connectivity index (χ0n) is 9.72. The van der Waals surface area contributed by atoms with Crippen molar-refractivity contribution in [2.24, 2.45) is 0 Å². The van der Waals surface area contributed by atoms with E-state index in [0.29, 0.717) is 6.42 Å². The molecule has 1 heterocycles. The van der Waals surface area contributed by atoms with E-state index in [9.17, 15) is 4.79 Å². The second-order valence-electron chi connectivity index (χ2n) is 4.27. The maximum Gasteiger partial charge on any atom is 0.224 e. The van der Waals surface area contributed by atoms with Gasteiger partial charge in [0.25, 0.3) is 0 Å². The first-order valence-electron chi connectivity index (χ1n) is 5.57. The second-order valence-corrected chi connectivity index (χ2v) is 4.68. The van der Waals surface area contributed by atoms with E-state index in [1.807, 2.05) is 25.1 Å². The van der Waals surface area contributed by atoms with E-state index in [0.717, 1.165) is 28.4 Å². The highest BCUT2D eigenvalue weighted by Crippen LogP contribution is 2.23. The number of halogens is 1. The molecule has 3 nitrogen and oxygen atoms in total. The van der Waals surface area contributed by atoms with Gasteiger partial charge in [-0.15, -0.1) is 0 Å². The average molecular weight is 251 g/mol. The van der Waals surface area contributed by atoms with Gasteiger partial charge in [0.05, 0.1) is 6.04 Å². The SMILES string of the molecule is C=C1NC(=O)CCC1Nc1ccc(C)c(Cl)c1. The van der Waals surface area contributed by atoms with Gasteiger partial charge in [-0.25, -0.2) is 0 Å². The Morgan fingerprint density at radius 2 is 2.29 bits per heavy atom. The highest BCUT2D eigenvalue weighted by atomic mass is 35.5. The van der Waals surface area contributed by atoms with E-state index in [-0.39, 0.29) is 11.9 Å². The van der Waals surface area contributed by atoms with Gasteiger partial charge in [0.1, 0.15) is 0 Å². The normalized spacial score (nSPS) is 20.0. The molecule has 0 spiro atoms. The fraction of sp³-hybridized carbons (Fsp3) is 0.308. The van der Waals surface area contributed by atoms with Gasteiger partial charge in [-0.3, -0.25) is 4.79 Å². The lowest BCUT2D eigenvalue weighted by atomic mass is 10.0. The molecule has 0 saturated carbocycles. The van der Waals surface area contributed by atoms with Crippen LogP contribution in [0, 0.1) is 6.92 Å². The summed E-state index contributed by atoms with van der Waals surface area (Å²) >= 11 is 6.06. The van der Waals surface area contributed by atoms with Crippen molar-refractivity contribution in [3.63, 3.8) is 0 Å². The fourth-order valence-electron chi connectivity index (χ4n) is 1.82. The maximum atomic E-state index is 11.1. The lowest BCUT2D eigenvalue weighted by Gasteiger charge is -2.26. The molecular formula is C13H15ClN2O. The number of hydrogen-bond acceptors (Lipinski definition) is 2. The predicted molar refractivity (Wildman–Crippen MR) is 70.1 cm³/mol. The molecule has 1 aliphatic rings. The number of aryl methyl sites for hydroxylation is 1. The summed E-state index contributed by atoms with van der Waals surface area (Å²) < 4.78 is 0. The van der Waals surface area contributed by atoms with Crippen LogP contribution in [-0.2, 0) is 4.79 Å². The number of carbonyl (C=O) groups is 1. The van der Waals surface area contributed by atoms with Crippen molar-refractivity contribution in [1.82, 2.24) is 5.32 Å². The number of rotatable bonds is 2. The number of benzene rings is 1. The first-order valence-corrected chi connectivity index (χ1v) is 5.95. The monoisotopic (exact) mass is 250 g/mol. The number of nitrogens with one attached hydrogen (secondary N) is 2. The molecule has 0 bridgehead atoms. The summed E-state index contributed by atoms with van der Waals surface area (Å²) in [6.07, 6.45) is 1.28. The van der Waals surface area contributed by atoms with Crippen molar-refractivity contribution in [1.29, 1.82) is 0 Å². The topological polar surface area (TPSA) is 41.1 Å². The number of anilines is 1. The molecular weight excluding hydrogens is 236 g/mol. The summed E-state index contributed by atoms with van der Waals surface area (Å²) in [5, 5.41) is 6.80. The van der Waals surface area contributed by atoms with E-state index < -0.39 is 0 Å². The Morgan fingerprint density at radius 3 is 2.94 bits per heavy atom. The third kappa shape index (κ3) is 2.80. The van der Waals surface area contributed by atoms with Gasteiger partial charge in [0, 0.05) is 22.8 Å². The number of hydrogen-bond donors (Lipinski definition) is 2. The molecule has 1 amide bonds. The fourth-order valence-corrected chi connectivity index (χ4v) is 2.00. The molecule has 1 aromatic rings. The molecule has 1 aliphatic heterocycles. The average Bonchev–Trinajstić information content (AvgIpc) is 2.27. The Kier molecular flexibility index (Phi) is 3.38. The summed E-state index contributed by atoms with van der Waals surface area (Å²) in [4.78, 5) is 11.1. The van der Waals surface area contributed by atoms with Crippen molar-refractivity contribution in [2.45, 2.75) is 25.8 Å². The summed E-state index contributed by atoms with van der Waals surface area (Å²) in [5.41, 5.74) is 2.72. The Labute approximate surface area is 106 Å². The third-order valence-corrected chi connectivity index (χ3v) is 3.30. The van der Waals surface area contributed by atoms with Crippen LogP contribution in [0.3, 0.4) is 0 Å². The third-order valence-electron chi connectivity index (χ3n) is 2.89. The van der Waals surface area contributed by atoms with Crippen molar-refractivity contribution >= 4 is 23.2 Å². The molecule has 2 rings (SSSR count). The summed E-state index contributed by atoms with van der Waals surface area (Å²) in [5.74, 6) is 0.0370. The Hall–Kier alpha value is -1.48. The zero-order chi connectivity index (χ0) is 12.4. The zero-order valence-corrected chi connectivity index (χ0v) is 10.5. The lowest BCUT2D eigenvalue weighted by Crippen LogP contribution is -2.39. The number of amides is 1. The van der Waals surface area contributed by atoms with Crippen LogP contribution in [-0.4, -0.2) is 11.9 Å². The quantitative estimate of drug-likeness (QED) is 0.848. The van der Waals surface area contributed by atoms with Crippen molar-refractivity contribution < 1.29 is 4.79 Å². The van der Waals surface area contributed by atoms with Crippen LogP contribution in [0.2, 0.25) is 5.02 Å². The molecule has 4 heteroatoms. The van der Waals surface area contributed by atoms with Gasteiger partial charge in [0.2, 0.25) is 5.91 Å². The van der Waals surface area contributed by atoms with E-state index in [1.165, 1.54) is 0 Å². The molecule has 90 valence electrons. The standard InChI is InChI=1S/C13H15ClN2O/c1-8-3-4-10(7-11(8)14)16-12-5-6-13(17)15-9(12)2/h3-4,7,12,16H,2,5-6H2,1H3,(H,15,17). The van der Waals surface area contributed by atoms with Crippen LogP contribution in [0.15, 0.2) is 30.5 Å². The van der Waals surface area contributed by atoms with E-state index in [1.54, 1.807) is 0 Å². The minimum Gasteiger partial charge on any atom is -0.377 e. The van der Waals surface area contributed by atoms with E-state index in [2.05, 4.69) is 17.2 Å². The van der Waals surface area contributed by atoms with Crippen molar-refractivity contribution in [2.75, 3.05) is 5.32 Å². The molecule has 1 aromatic carbocycles.